The molecule has 3 aliphatic rings. The number of rotatable bonds is 7. The molecule has 15 heteroatoms. The van der Waals surface area contributed by atoms with Gasteiger partial charge < -0.3 is 69.3 Å². The normalized spacial score (nSPS) is 36.0. The maximum absolute atomic E-state index is 13.0. The second-order valence-electron chi connectivity index (χ2n) is 10.6. The van der Waals surface area contributed by atoms with Crippen molar-refractivity contribution in [1.82, 2.24) is 0 Å². The van der Waals surface area contributed by atoms with Crippen molar-refractivity contribution >= 4 is 5.78 Å². The van der Waals surface area contributed by atoms with E-state index in [0.29, 0.717) is 5.56 Å². The third-order valence-electron chi connectivity index (χ3n) is 7.72. The highest BCUT2D eigenvalue weighted by Gasteiger charge is 2.51. The van der Waals surface area contributed by atoms with Crippen LogP contribution in [0, 0.1) is 0 Å². The number of phenolic OH excluding ortho intramolecular Hbond substituents is 2. The number of ketones is 1. The number of carbonyl (C=O) groups is 1. The van der Waals surface area contributed by atoms with Crippen LogP contribution in [0.15, 0.2) is 30.3 Å². The molecule has 5 rings (SSSR count). The summed E-state index contributed by atoms with van der Waals surface area (Å²) >= 11 is 0. The summed E-state index contributed by atoms with van der Waals surface area (Å²) in [4.78, 5) is 13.0. The summed E-state index contributed by atoms with van der Waals surface area (Å²) in [6, 6.07) is 6.89. The van der Waals surface area contributed by atoms with Gasteiger partial charge in [-0.05, 0) is 24.6 Å². The van der Waals surface area contributed by atoms with Crippen molar-refractivity contribution in [2.75, 3.05) is 13.7 Å². The minimum Gasteiger partial charge on any atom is -0.507 e. The molecule has 15 nitrogen and oxygen atoms in total. The molecule has 2 fully saturated rings. The molecule has 0 bridgehead atoms. The van der Waals surface area contributed by atoms with Gasteiger partial charge in [-0.1, -0.05) is 6.07 Å². The van der Waals surface area contributed by atoms with Gasteiger partial charge in [-0.3, -0.25) is 4.79 Å². The Morgan fingerprint density at radius 1 is 0.884 bits per heavy atom. The standard InChI is InChI=1S/C28H34O15/c1-10-21(33)23(35)25(37)27(39-10)43-26-24(36)22(34)19(9-29)42-28(26)40-12-6-14(31)20-15(32)8-17(41-18(20)7-12)11-3-4-16(38-2)13(30)5-11/h3-7,10,17,19,21-31,33-37H,8-9H2,1-2H3/t10-,17-,19+,21-,22+,23+,24-,25+,26-,27+,28+/m0/s1. The first kappa shape index (κ1) is 31.2. The van der Waals surface area contributed by atoms with E-state index in [0.717, 1.165) is 6.07 Å². The Balaban J connectivity index is 1.41. The molecule has 236 valence electrons. The van der Waals surface area contributed by atoms with Gasteiger partial charge in [0, 0.05) is 12.1 Å². The largest absolute Gasteiger partial charge is 0.507 e. The maximum atomic E-state index is 13.0. The highest BCUT2D eigenvalue weighted by Crippen LogP contribution is 2.43. The number of methoxy groups -OCH3 is 1. The second kappa shape index (κ2) is 12.4. The first-order chi connectivity index (χ1) is 20.4. The van der Waals surface area contributed by atoms with Crippen molar-refractivity contribution in [3.05, 3.63) is 41.5 Å². The Morgan fingerprint density at radius 3 is 2.30 bits per heavy atom. The summed E-state index contributed by atoms with van der Waals surface area (Å²) < 4.78 is 33.7. The third-order valence-corrected chi connectivity index (χ3v) is 7.72. The van der Waals surface area contributed by atoms with E-state index in [1.54, 1.807) is 6.07 Å². The van der Waals surface area contributed by atoms with Gasteiger partial charge in [-0.2, -0.15) is 0 Å². The maximum Gasteiger partial charge on any atom is 0.229 e. The molecule has 0 amide bonds. The van der Waals surface area contributed by atoms with Crippen molar-refractivity contribution in [3.63, 3.8) is 0 Å². The van der Waals surface area contributed by atoms with Gasteiger partial charge in [0.2, 0.25) is 6.29 Å². The smallest absolute Gasteiger partial charge is 0.229 e. The first-order valence-corrected chi connectivity index (χ1v) is 13.5. The van der Waals surface area contributed by atoms with Gasteiger partial charge in [0.1, 0.15) is 65.5 Å². The molecule has 8 N–H and O–H groups in total. The topological polar surface area (TPSA) is 234 Å². The van der Waals surface area contributed by atoms with Gasteiger partial charge in [-0.15, -0.1) is 0 Å². The quantitative estimate of drug-likeness (QED) is 0.185. The summed E-state index contributed by atoms with van der Waals surface area (Å²) in [5, 5.41) is 82.4. The minimum atomic E-state index is -1.76. The molecule has 0 unspecified atom stereocenters. The van der Waals surface area contributed by atoms with Crippen LogP contribution in [0.1, 0.15) is 35.4 Å². The Kier molecular flexibility index (Phi) is 8.99. The molecule has 2 aromatic rings. The van der Waals surface area contributed by atoms with Crippen LogP contribution in [0.3, 0.4) is 0 Å². The number of Topliss-reactive ketones (excluding diaryl/α,β-unsaturated/α-hetero) is 1. The number of aliphatic hydroxyl groups is 6. The SMILES string of the molecule is COc1ccc([C@@H]2CC(=O)c3c(O)cc(O[C@@H]4O[C@H](CO)[C@@H](O)[C@H](O)[C@@H]4O[C@H]4O[C@@H](C)[C@H](O)[C@@H](O)[C@H]4O)cc3O2)cc1O. The number of fused-ring (bicyclic) bond motifs is 1. The molecular formula is C28H34O15. The van der Waals surface area contributed by atoms with E-state index < -0.39 is 85.7 Å². The van der Waals surface area contributed by atoms with Gasteiger partial charge in [0.25, 0.3) is 0 Å². The van der Waals surface area contributed by atoms with Crippen molar-refractivity contribution < 1.29 is 74.1 Å². The molecule has 3 aliphatic heterocycles. The Hall–Kier alpha value is -3.25. The number of aliphatic hydroxyl groups excluding tert-OH is 6. The van der Waals surface area contributed by atoms with Crippen LogP contribution in [0.4, 0.5) is 0 Å². The summed E-state index contributed by atoms with van der Waals surface area (Å²) in [5.74, 6) is -1.06. The summed E-state index contributed by atoms with van der Waals surface area (Å²) in [6.07, 6.45) is -16.3. The molecule has 0 spiro atoms. The Labute approximate surface area is 245 Å². The lowest BCUT2D eigenvalue weighted by atomic mass is 9.95. The third kappa shape index (κ3) is 5.95. The molecule has 0 radical (unpaired) electrons. The molecule has 2 saturated heterocycles. The molecular weight excluding hydrogens is 576 g/mol. The number of hydrogen-bond acceptors (Lipinski definition) is 15. The van der Waals surface area contributed by atoms with Crippen molar-refractivity contribution in [2.24, 2.45) is 0 Å². The Morgan fingerprint density at radius 2 is 1.63 bits per heavy atom. The fraction of sp³-hybridized carbons (Fsp3) is 0.536. The lowest BCUT2D eigenvalue weighted by molar-refractivity contribution is -0.354. The average Bonchev–Trinajstić information content (AvgIpc) is 2.97. The number of hydrogen-bond donors (Lipinski definition) is 8. The molecule has 0 saturated carbocycles. The van der Waals surface area contributed by atoms with Crippen LogP contribution in [0.5, 0.6) is 28.7 Å². The number of carbonyl (C=O) groups excluding carboxylic acids is 1. The minimum absolute atomic E-state index is 0.0592. The fourth-order valence-electron chi connectivity index (χ4n) is 5.29. The van der Waals surface area contributed by atoms with E-state index in [1.165, 1.54) is 32.2 Å². The van der Waals surface area contributed by atoms with Crippen molar-refractivity contribution in [2.45, 2.75) is 80.9 Å². The van der Waals surface area contributed by atoms with E-state index >= 15 is 0 Å². The van der Waals surface area contributed by atoms with Gasteiger partial charge in [-0.25, -0.2) is 0 Å². The van der Waals surface area contributed by atoms with Crippen LogP contribution in [-0.4, -0.2) is 122 Å². The van der Waals surface area contributed by atoms with E-state index in [9.17, 15) is 45.6 Å². The van der Waals surface area contributed by atoms with Crippen LogP contribution < -0.4 is 14.2 Å². The van der Waals surface area contributed by atoms with E-state index in [2.05, 4.69) is 0 Å². The zero-order valence-corrected chi connectivity index (χ0v) is 23.1. The average molecular weight is 611 g/mol. The molecule has 0 aromatic heterocycles. The number of ether oxygens (including phenoxy) is 6. The van der Waals surface area contributed by atoms with Gasteiger partial charge in [0.05, 0.1) is 26.2 Å². The highest BCUT2D eigenvalue weighted by molar-refractivity contribution is 6.02. The zero-order chi connectivity index (χ0) is 31.2. The van der Waals surface area contributed by atoms with Crippen LogP contribution >= 0.6 is 0 Å². The first-order valence-electron chi connectivity index (χ1n) is 13.5. The monoisotopic (exact) mass is 610 g/mol. The summed E-state index contributed by atoms with van der Waals surface area (Å²) in [6.45, 7) is 0.699. The molecule has 11 atom stereocenters. The summed E-state index contributed by atoms with van der Waals surface area (Å²) in [7, 11) is 1.39. The fourth-order valence-corrected chi connectivity index (χ4v) is 5.29. The highest BCUT2D eigenvalue weighted by atomic mass is 16.8. The zero-order valence-electron chi connectivity index (χ0n) is 23.1. The molecule has 2 aromatic carbocycles. The van der Waals surface area contributed by atoms with Crippen LogP contribution in [-0.2, 0) is 14.2 Å². The number of phenols is 2. The molecule has 0 aliphatic carbocycles. The second-order valence-corrected chi connectivity index (χ2v) is 10.6. The molecule has 43 heavy (non-hydrogen) atoms. The lowest BCUT2D eigenvalue weighted by Crippen LogP contribution is -2.64. The number of aromatic hydroxyl groups is 2. The van der Waals surface area contributed by atoms with E-state index in [4.69, 9.17) is 28.4 Å². The van der Waals surface area contributed by atoms with Gasteiger partial charge in [0.15, 0.2) is 29.7 Å². The predicted molar refractivity (Wildman–Crippen MR) is 141 cm³/mol. The number of benzene rings is 2. The van der Waals surface area contributed by atoms with Crippen molar-refractivity contribution in [3.8, 4) is 28.7 Å². The predicted octanol–water partition coefficient (Wildman–Crippen LogP) is -1.16. The van der Waals surface area contributed by atoms with Gasteiger partial charge >= 0.3 is 0 Å². The summed E-state index contributed by atoms with van der Waals surface area (Å²) in [5.41, 5.74) is 0.352. The lowest BCUT2D eigenvalue weighted by Gasteiger charge is -2.45. The van der Waals surface area contributed by atoms with E-state index in [-0.39, 0.29) is 35.0 Å². The molecule has 3 heterocycles. The van der Waals surface area contributed by atoms with Crippen LogP contribution in [0.2, 0.25) is 0 Å². The van der Waals surface area contributed by atoms with Crippen molar-refractivity contribution in [1.29, 1.82) is 0 Å². The van der Waals surface area contributed by atoms with Crippen LogP contribution in [0.25, 0.3) is 0 Å². The van der Waals surface area contributed by atoms with E-state index in [1.807, 2.05) is 0 Å². The Bertz CT molecular complexity index is 1320.